The summed E-state index contributed by atoms with van der Waals surface area (Å²) in [4.78, 5) is 4.96. The lowest BCUT2D eigenvalue weighted by atomic mass is 9.89. The van der Waals surface area contributed by atoms with E-state index >= 15 is 4.39 Å². The van der Waals surface area contributed by atoms with Gasteiger partial charge in [0.1, 0.15) is 0 Å². The lowest BCUT2D eigenvalue weighted by Crippen LogP contribution is -2.75. The molecule has 3 rings (SSSR count). The molecule has 3 aromatic rings. The molecule has 0 aromatic heterocycles. The van der Waals surface area contributed by atoms with Gasteiger partial charge in [-0.05, 0) is 47.5 Å². The van der Waals surface area contributed by atoms with Gasteiger partial charge in [0.05, 0.1) is 12.0 Å². The van der Waals surface area contributed by atoms with E-state index in [0.717, 1.165) is 5.69 Å². The standard InChI is InChI=1S/C22H21BrClFN2O3S/c1-30-27-20-9-11-21(12-10-20)31(28,29)26-15-22(25,17-3-2-4-18(23)13-17)14-16-5-7-19(24)8-6-16/h2-13,26-27H,14-15H2,1H3/p+1. The van der Waals surface area contributed by atoms with Crippen LogP contribution in [0.3, 0.4) is 0 Å². The molecule has 0 aliphatic rings. The van der Waals surface area contributed by atoms with Crippen molar-refractivity contribution in [3.8, 4) is 0 Å². The summed E-state index contributed by atoms with van der Waals surface area (Å²) in [5.74, 6) is 0. The van der Waals surface area contributed by atoms with Gasteiger partial charge in [0.2, 0.25) is 10.0 Å². The highest BCUT2D eigenvalue weighted by molar-refractivity contribution is 9.10. The summed E-state index contributed by atoms with van der Waals surface area (Å²) in [5, 5.41) is 0.547. The molecule has 1 unspecified atom stereocenters. The van der Waals surface area contributed by atoms with E-state index in [0.29, 0.717) is 20.6 Å². The third kappa shape index (κ3) is 6.35. The number of hydrogen-bond acceptors (Lipinski definition) is 3. The molecular formula is C22H22BrClFN2O3S+. The van der Waals surface area contributed by atoms with Gasteiger partial charge in [0.25, 0.3) is 0 Å². The molecule has 0 saturated carbocycles. The third-order valence-corrected chi connectivity index (χ3v) is 6.89. The molecule has 0 fully saturated rings. The zero-order chi connectivity index (χ0) is 22.5. The van der Waals surface area contributed by atoms with Gasteiger partial charge in [-0.15, -0.1) is 0 Å². The van der Waals surface area contributed by atoms with Gasteiger partial charge in [-0.1, -0.05) is 51.8 Å². The van der Waals surface area contributed by atoms with Crippen LogP contribution in [0.1, 0.15) is 11.1 Å². The molecule has 0 saturated heterocycles. The second-order valence-corrected chi connectivity index (χ2v) is 10.1. The Morgan fingerprint density at radius 1 is 1.10 bits per heavy atom. The molecule has 31 heavy (non-hydrogen) atoms. The molecule has 0 aliphatic carbocycles. The number of hydrogen-bond donors (Lipinski definition) is 2. The highest BCUT2D eigenvalue weighted by atomic mass is 79.9. The predicted octanol–water partition coefficient (Wildman–Crippen LogP) is 4.24. The first-order valence-corrected chi connectivity index (χ1v) is 12.0. The van der Waals surface area contributed by atoms with Gasteiger partial charge in [-0.3, -0.25) is 0 Å². The van der Waals surface area contributed by atoms with Crippen LogP contribution in [0.25, 0.3) is 0 Å². The Morgan fingerprint density at radius 2 is 1.77 bits per heavy atom. The van der Waals surface area contributed by atoms with Crippen molar-refractivity contribution >= 4 is 43.2 Å². The summed E-state index contributed by atoms with van der Waals surface area (Å²) in [5.41, 5.74) is 1.30. The summed E-state index contributed by atoms with van der Waals surface area (Å²) >= 11 is 9.30. The molecule has 3 N–H and O–H groups in total. The summed E-state index contributed by atoms with van der Waals surface area (Å²) < 4.78 is 45.0. The smallest absolute Gasteiger partial charge is 0.237 e. The van der Waals surface area contributed by atoms with E-state index in [2.05, 4.69) is 20.7 Å². The molecule has 3 aromatic carbocycles. The number of halogens is 3. The van der Waals surface area contributed by atoms with Crippen molar-refractivity contribution in [1.82, 2.24) is 4.72 Å². The van der Waals surface area contributed by atoms with Crippen LogP contribution in [0, 0.1) is 0 Å². The minimum atomic E-state index is -3.92. The van der Waals surface area contributed by atoms with E-state index in [-0.39, 0.29) is 11.3 Å². The Kier molecular flexibility index (Phi) is 7.85. The molecular weight excluding hydrogens is 507 g/mol. The number of rotatable bonds is 9. The Bertz CT molecular complexity index is 1130. The number of nitrogens with one attached hydrogen (secondary N) is 1. The van der Waals surface area contributed by atoms with Crippen LogP contribution in [0.5, 0.6) is 0 Å². The lowest BCUT2D eigenvalue weighted by molar-refractivity contribution is -0.830. The van der Waals surface area contributed by atoms with Crippen molar-refractivity contribution < 1.29 is 23.1 Å². The highest BCUT2D eigenvalue weighted by Crippen LogP contribution is 2.32. The molecule has 0 spiro atoms. The van der Waals surface area contributed by atoms with Gasteiger partial charge in [0, 0.05) is 34.6 Å². The number of benzene rings is 3. The average Bonchev–Trinajstić information content (AvgIpc) is 2.75. The van der Waals surface area contributed by atoms with Gasteiger partial charge in [0.15, 0.2) is 11.4 Å². The van der Waals surface area contributed by atoms with E-state index in [1.807, 2.05) is 0 Å². The van der Waals surface area contributed by atoms with E-state index in [9.17, 15) is 8.42 Å². The van der Waals surface area contributed by atoms with Gasteiger partial charge in [-0.2, -0.15) is 5.48 Å². The van der Waals surface area contributed by atoms with Crippen LogP contribution >= 0.6 is 27.5 Å². The Balaban J connectivity index is 1.86. The van der Waals surface area contributed by atoms with Gasteiger partial charge in [-0.25, -0.2) is 22.4 Å². The molecule has 5 nitrogen and oxygen atoms in total. The first kappa shape index (κ1) is 23.8. The zero-order valence-corrected chi connectivity index (χ0v) is 19.8. The molecule has 0 aliphatic heterocycles. The minimum absolute atomic E-state index is 0.0229. The van der Waals surface area contributed by atoms with Crippen molar-refractivity contribution in [3.05, 3.63) is 93.4 Å². The van der Waals surface area contributed by atoms with Crippen LogP contribution < -0.4 is 10.2 Å². The van der Waals surface area contributed by atoms with E-state index in [1.165, 1.54) is 24.7 Å². The predicted molar refractivity (Wildman–Crippen MR) is 122 cm³/mol. The van der Waals surface area contributed by atoms with E-state index in [1.54, 1.807) is 60.7 Å². The molecule has 9 heteroatoms. The second-order valence-electron chi connectivity index (χ2n) is 7.03. The molecule has 0 heterocycles. The SMILES string of the molecule is CO[NH2+]c1ccc(S(=O)(=O)NCC(F)(Cc2ccc(Cl)cc2)c2cccc(Br)c2)cc1. The molecule has 0 bridgehead atoms. The third-order valence-electron chi connectivity index (χ3n) is 4.73. The van der Waals surface area contributed by atoms with Crippen LogP contribution in [0.2, 0.25) is 5.02 Å². The fraction of sp³-hybridized carbons (Fsp3) is 0.182. The maximum Gasteiger partial charge on any atom is 0.240 e. The number of nitrogens with two attached hydrogens (primary N) is 1. The minimum Gasteiger partial charge on any atom is -0.237 e. The Labute approximate surface area is 194 Å². The fourth-order valence-electron chi connectivity index (χ4n) is 3.11. The Hall–Kier alpha value is -1.81. The summed E-state index contributed by atoms with van der Waals surface area (Å²) in [6, 6.07) is 19.8. The van der Waals surface area contributed by atoms with E-state index in [4.69, 9.17) is 16.4 Å². The highest BCUT2D eigenvalue weighted by Gasteiger charge is 2.34. The molecule has 164 valence electrons. The monoisotopic (exact) mass is 527 g/mol. The number of sulfonamides is 1. The summed E-state index contributed by atoms with van der Waals surface area (Å²) in [7, 11) is -2.41. The second kappa shape index (κ2) is 10.2. The van der Waals surface area contributed by atoms with Crippen molar-refractivity contribution in [2.24, 2.45) is 0 Å². The number of alkyl halides is 1. The van der Waals surface area contributed by atoms with Crippen LogP contribution in [-0.4, -0.2) is 22.1 Å². The van der Waals surface area contributed by atoms with Crippen molar-refractivity contribution in [2.75, 3.05) is 13.7 Å². The van der Waals surface area contributed by atoms with Crippen LogP contribution in [0.4, 0.5) is 10.1 Å². The van der Waals surface area contributed by atoms with Gasteiger partial charge >= 0.3 is 0 Å². The lowest BCUT2D eigenvalue weighted by Gasteiger charge is -2.27. The molecule has 0 radical (unpaired) electrons. The molecule has 1 atom stereocenters. The topological polar surface area (TPSA) is 72.0 Å². The van der Waals surface area contributed by atoms with Crippen molar-refractivity contribution in [2.45, 2.75) is 17.0 Å². The maximum absolute atomic E-state index is 16.3. The summed E-state index contributed by atoms with van der Waals surface area (Å²) in [6.45, 7) is -0.430. The Morgan fingerprint density at radius 3 is 2.39 bits per heavy atom. The van der Waals surface area contributed by atoms with Crippen LogP contribution in [0.15, 0.2) is 82.2 Å². The first-order chi connectivity index (χ1) is 14.7. The summed E-state index contributed by atoms with van der Waals surface area (Å²) in [6.07, 6.45) is -0.0229. The first-order valence-electron chi connectivity index (χ1n) is 9.37. The fourth-order valence-corrected chi connectivity index (χ4v) is 4.72. The largest absolute Gasteiger partial charge is 0.240 e. The van der Waals surface area contributed by atoms with Crippen molar-refractivity contribution in [1.29, 1.82) is 0 Å². The van der Waals surface area contributed by atoms with E-state index < -0.39 is 22.2 Å². The molecule has 0 amide bonds. The van der Waals surface area contributed by atoms with Gasteiger partial charge < -0.3 is 0 Å². The zero-order valence-electron chi connectivity index (χ0n) is 16.7. The van der Waals surface area contributed by atoms with Crippen molar-refractivity contribution in [3.63, 3.8) is 0 Å². The van der Waals surface area contributed by atoms with Crippen LogP contribution in [-0.2, 0) is 27.0 Å². The number of quaternary nitrogens is 1. The average molecular weight is 529 g/mol. The normalized spacial score (nSPS) is 13.7. The quantitative estimate of drug-likeness (QED) is 0.322. The maximum atomic E-state index is 16.3.